The summed E-state index contributed by atoms with van der Waals surface area (Å²) in [6.07, 6.45) is 11.2. The number of pyridine rings is 1. The normalized spacial score (nSPS) is 18.5. The molecule has 15 heteroatoms. The quantitative estimate of drug-likeness (QED) is 0.0352. The summed E-state index contributed by atoms with van der Waals surface area (Å²) < 4.78 is 35.1. The van der Waals surface area contributed by atoms with E-state index >= 15 is 0 Å². The fourth-order valence-corrected chi connectivity index (χ4v) is 15.2. The van der Waals surface area contributed by atoms with E-state index in [0.29, 0.717) is 29.5 Å². The number of hydrogen-bond acceptors (Lipinski definition) is 10. The molecule has 1 fully saturated rings. The van der Waals surface area contributed by atoms with Crippen molar-refractivity contribution in [2.75, 3.05) is 11.9 Å². The van der Waals surface area contributed by atoms with Crippen molar-refractivity contribution in [2.24, 2.45) is 11.8 Å². The van der Waals surface area contributed by atoms with Gasteiger partial charge in [-0.3, -0.25) is 14.6 Å². The first kappa shape index (κ1) is 64.9. The first-order valence-corrected chi connectivity index (χ1v) is 39.0. The van der Waals surface area contributed by atoms with Crippen molar-refractivity contribution in [3.05, 3.63) is 107 Å². The number of nitrogens with zero attached hydrogens (tertiary/aromatic N) is 1. The first-order valence-electron chi connectivity index (χ1n) is 29.5. The van der Waals surface area contributed by atoms with E-state index in [0.717, 1.165) is 67.7 Å². The second-order valence-corrected chi connectivity index (χ2v) is 43.6. The van der Waals surface area contributed by atoms with Crippen LogP contribution in [0.15, 0.2) is 91.3 Å². The van der Waals surface area contributed by atoms with Gasteiger partial charge in [0.1, 0.15) is 12.2 Å². The van der Waals surface area contributed by atoms with Crippen LogP contribution < -0.4 is 10.6 Å². The van der Waals surface area contributed by atoms with E-state index in [2.05, 4.69) is 148 Å². The number of ether oxygens (including phenoxy) is 2. The molecule has 5 aromatic rings. The van der Waals surface area contributed by atoms with Crippen LogP contribution in [0.1, 0.15) is 169 Å². The summed E-state index contributed by atoms with van der Waals surface area (Å²) in [4.78, 5) is 45.3. The standard InChI is InChI=1S/C65H99N3O8SSi3/c1-62(2,3)73-61(71)67-43-53(60(70)68-50-34-33-49-42-66-38-37-47(49)39-50)46-31-29-45(30-32-46)44-72-59(69)28-22-20-19-21-26-51-52(56(76-80(17,18)65(10,11)12)41-55(51)75-79(15,16)64(7,8)9)35-36-54(74-78(13,14)63(4,5)6)58-40-48-25-23-24-27-57(48)77-58/h23-25,27,29-34,37-40,42,51-56H,19-22,26,28,35-36,41,43-44H2,1-18H3,(H,67,71)(H,68,70)/t51?,52?,53?,54-,55?,56?/m1/s1. The van der Waals surface area contributed by atoms with Crippen LogP contribution in [0.2, 0.25) is 54.4 Å². The number of unbranched alkanes of at least 4 members (excludes halogenated alkanes) is 3. The zero-order valence-corrected chi connectivity index (χ0v) is 55.8. The molecular formula is C65H99N3O8SSi3. The van der Waals surface area contributed by atoms with Gasteiger partial charge >= 0.3 is 12.1 Å². The Labute approximate surface area is 488 Å². The number of alkyl carbamates (subject to hydrolysis) is 1. The number of carbonyl (C=O) groups is 3. The second-order valence-electron chi connectivity index (χ2n) is 28.2. The maximum atomic E-state index is 13.9. The molecule has 440 valence electrons. The lowest BCUT2D eigenvalue weighted by molar-refractivity contribution is -0.145. The molecule has 0 radical (unpaired) electrons. The van der Waals surface area contributed by atoms with E-state index in [1.54, 1.807) is 33.2 Å². The Hall–Kier alpha value is -4.23. The average Bonchev–Trinajstić information content (AvgIpc) is 3.92. The van der Waals surface area contributed by atoms with Crippen LogP contribution in [0.3, 0.4) is 0 Å². The van der Waals surface area contributed by atoms with Gasteiger partial charge in [-0.05, 0) is 171 Å². The summed E-state index contributed by atoms with van der Waals surface area (Å²) >= 11 is 1.89. The van der Waals surface area contributed by atoms with E-state index in [-0.39, 0.29) is 58.5 Å². The number of aromatic nitrogens is 1. The summed E-state index contributed by atoms with van der Waals surface area (Å²) in [6, 6.07) is 26.1. The maximum absolute atomic E-state index is 13.9. The number of thiophene rings is 1. The second kappa shape index (κ2) is 26.6. The molecule has 1 saturated carbocycles. The molecular weight excluding hydrogens is 1070 g/mol. The van der Waals surface area contributed by atoms with E-state index in [1.165, 1.54) is 15.0 Å². The third kappa shape index (κ3) is 17.9. The molecule has 2 N–H and O–H groups in total. The van der Waals surface area contributed by atoms with Crippen LogP contribution in [-0.4, -0.2) is 72.3 Å². The Kier molecular flexibility index (Phi) is 21.6. The van der Waals surface area contributed by atoms with Gasteiger partial charge in [0.15, 0.2) is 25.0 Å². The molecule has 0 saturated heterocycles. The Morgan fingerprint density at radius 2 is 1.29 bits per heavy atom. The topological polar surface area (TPSA) is 134 Å². The van der Waals surface area contributed by atoms with E-state index in [1.807, 2.05) is 59.9 Å². The molecule has 0 spiro atoms. The molecule has 1 aliphatic carbocycles. The number of benzene rings is 3. The first-order chi connectivity index (χ1) is 37.1. The third-order valence-electron chi connectivity index (χ3n) is 17.8. The molecule has 2 amide bonds. The Morgan fingerprint density at radius 3 is 1.90 bits per heavy atom. The van der Waals surface area contributed by atoms with Crippen molar-refractivity contribution in [2.45, 2.75) is 232 Å². The van der Waals surface area contributed by atoms with Gasteiger partial charge in [0, 0.05) is 46.0 Å². The van der Waals surface area contributed by atoms with Crippen LogP contribution in [0.25, 0.3) is 20.9 Å². The number of esters is 1. The van der Waals surface area contributed by atoms with E-state index in [4.69, 9.17) is 22.8 Å². The number of amides is 2. The lowest BCUT2D eigenvalue weighted by Gasteiger charge is -2.41. The van der Waals surface area contributed by atoms with Crippen LogP contribution in [0.4, 0.5) is 10.5 Å². The van der Waals surface area contributed by atoms with Crippen LogP contribution in [0.5, 0.6) is 0 Å². The zero-order chi connectivity index (χ0) is 59.1. The van der Waals surface area contributed by atoms with Gasteiger partial charge < -0.3 is 33.4 Å². The van der Waals surface area contributed by atoms with Gasteiger partial charge in [0.2, 0.25) is 5.91 Å². The third-order valence-corrected chi connectivity index (χ3v) is 32.5. The van der Waals surface area contributed by atoms with E-state index in [9.17, 15) is 14.4 Å². The van der Waals surface area contributed by atoms with Crippen LogP contribution >= 0.6 is 11.3 Å². The van der Waals surface area contributed by atoms with Crippen molar-refractivity contribution in [1.29, 1.82) is 0 Å². The molecule has 11 nitrogen and oxygen atoms in total. The number of anilines is 1. The number of hydrogen-bond donors (Lipinski definition) is 2. The van der Waals surface area contributed by atoms with Gasteiger partial charge in [-0.25, -0.2) is 4.79 Å². The lowest BCUT2D eigenvalue weighted by Crippen LogP contribution is -2.45. The summed E-state index contributed by atoms with van der Waals surface area (Å²) in [7, 11) is -6.42. The molecule has 6 atom stereocenters. The average molecular weight is 1170 g/mol. The molecule has 5 unspecified atom stereocenters. The van der Waals surface area contributed by atoms with Gasteiger partial charge in [0.25, 0.3) is 0 Å². The molecule has 6 rings (SSSR count). The minimum atomic E-state index is -2.15. The molecule has 80 heavy (non-hydrogen) atoms. The molecule has 3 aromatic carbocycles. The van der Waals surface area contributed by atoms with Gasteiger partial charge in [-0.15, -0.1) is 11.3 Å². The van der Waals surface area contributed by atoms with Crippen molar-refractivity contribution >= 4 is 80.8 Å². The Bertz CT molecular complexity index is 2810. The highest BCUT2D eigenvalue weighted by atomic mass is 32.1. The Balaban J connectivity index is 1.10. The molecule has 0 bridgehead atoms. The SMILES string of the molecule is CC(C)(C)OC(=O)NCC(C(=O)Nc1ccc2cnccc2c1)c1ccc(COC(=O)CCCCCCC2C(O[Si](C)(C)C(C)(C)C)CC(O[Si](C)(C)C(C)(C)C)C2CC[C@@H](O[Si](C)(C)C(C)(C)C)c2cc3ccccc3s2)cc1. The smallest absolute Gasteiger partial charge is 0.407 e. The van der Waals surface area contributed by atoms with Gasteiger partial charge in [-0.2, -0.15) is 0 Å². The fourth-order valence-electron chi connectivity index (χ4n) is 9.94. The van der Waals surface area contributed by atoms with Crippen LogP contribution in [0, 0.1) is 11.8 Å². The maximum Gasteiger partial charge on any atom is 0.407 e. The summed E-state index contributed by atoms with van der Waals surface area (Å²) in [5, 5.41) is 9.24. The summed E-state index contributed by atoms with van der Waals surface area (Å²) in [6.45, 7) is 41.0. The fraction of sp³-hybridized carbons (Fsp3) is 0.600. The lowest BCUT2D eigenvalue weighted by atomic mass is 9.84. The minimum absolute atomic E-state index is 0.00735. The number of carbonyl (C=O) groups excluding carboxylic acids is 3. The molecule has 2 heterocycles. The van der Waals surface area contributed by atoms with Gasteiger partial charge in [0.05, 0.1) is 24.2 Å². The summed E-state index contributed by atoms with van der Waals surface area (Å²) in [5.41, 5.74) is 1.45. The van der Waals surface area contributed by atoms with Crippen molar-refractivity contribution in [1.82, 2.24) is 10.3 Å². The highest BCUT2D eigenvalue weighted by Crippen LogP contribution is 2.51. The minimum Gasteiger partial charge on any atom is -0.461 e. The highest BCUT2D eigenvalue weighted by molar-refractivity contribution is 7.19. The molecule has 0 aliphatic heterocycles. The van der Waals surface area contributed by atoms with Crippen LogP contribution in [-0.2, 0) is 38.9 Å². The number of fused-ring (bicyclic) bond motifs is 2. The largest absolute Gasteiger partial charge is 0.461 e. The van der Waals surface area contributed by atoms with E-state index < -0.39 is 42.6 Å². The van der Waals surface area contributed by atoms with Gasteiger partial charge in [-0.1, -0.05) is 130 Å². The highest BCUT2D eigenvalue weighted by Gasteiger charge is 2.51. The predicted molar refractivity (Wildman–Crippen MR) is 339 cm³/mol. The monoisotopic (exact) mass is 1170 g/mol. The number of rotatable bonds is 24. The molecule has 1 aliphatic rings. The van der Waals surface area contributed by atoms with Crippen molar-refractivity contribution in [3.63, 3.8) is 0 Å². The Morgan fingerprint density at radius 1 is 0.675 bits per heavy atom. The summed E-state index contributed by atoms with van der Waals surface area (Å²) in [5.74, 6) is -0.559. The zero-order valence-electron chi connectivity index (χ0n) is 52.0. The number of nitrogens with one attached hydrogen (secondary N) is 2. The molecule has 2 aromatic heterocycles. The predicted octanol–water partition coefficient (Wildman–Crippen LogP) is 18.0. The van der Waals surface area contributed by atoms with Crippen molar-refractivity contribution < 1.29 is 37.1 Å². The van der Waals surface area contributed by atoms with Crippen molar-refractivity contribution in [3.8, 4) is 0 Å².